The molecule has 0 bridgehead atoms. The van der Waals surface area contributed by atoms with Crippen LogP contribution >= 0.6 is 11.3 Å². The van der Waals surface area contributed by atoms with Gasteiger partial charge in [-0.25, -0.2) is 4.79 Å². The Balaban J connectivity index is 2.20. The van der Waals surface area contributed by atoms with E-state index in [0.29, 0.717) is 12.2 Å². The lowest BCUT2D eigenvalue weighted by molar-refractivity contribution is 0.0697. The molecule has 3 N–H and O–H groups in total. The lowest BCUT2D eigenvalue weighted by Crippen LogP contribution is -2.17. The third kappa shape index (κ3) is 2.60. The van der Waals surface area contributed by atoms with Crippen molar-refractivity contribution in [1.82, 2.24) is 4.98 Å². The molecule has 0 saturated heterocycles. The van der Waals surface area contributed by atoms with Crippen molar-refractivity contribution in [2.45, 2.75) is 6.54 Å². The number of carbonyl (C=O) groups is 1. The first-order valence-corrected chi connectivity index (χ1v) is 6.17. The Labute approximate surface area is 108 Å². The maximum absolute atomic E-state index is 10.8. The Bertz CT molecular complexity index is 554. The van der Waals surface area contributed by atoms with Crippen LogP contribution in [0.2, 0.25) is 0 Å². The first kappa shape index (κ1) is 12.4. The highest BCUT2D eigenvalue weighted by Crippen LogP contribution is 2.25. The first-order valence-electron chi connectivity index (χ1n) is 5.29. The van der Waals surface area contributed by atoms with Gasteiger partial charge in [0.1, 0.15) is 0 Å². The summed E-state index contributed by atoms with van der Waals surface area (Å²) < 4.78 is 0. The molecule has 0 saturated carbocycles. The average molecular weight is 263 g/mol. The van der Waals surface area contributed by atoms with Crippen LogP contribution in [0.1, 0.15) is 15.2 Å². The molecule has 94 valence electrons. The van der Waals surface area contributed by atoms with E-state index in [2.05, 4.69) is 4.98 Å². The molecule has 1 heterocycles. The van der Waals surface area contributed by atoms with E-state index in [1.165, 1.54) is 6.07 Å². The van der Waals surface area contributed by atoms with Gasteiger partial charge in [-0.1, -0.05) is 0 Å². The van der Waals surface area contributed by atoms with Crippen molar-refractivity contribution in [1.29, 1.82) is 0 Å². The molecular weight excluding hydrogens is 250 g/mol. The monoisotopic (exact) mass is 263 g/mol. The van der Waals surface area contributed by atoms with Gasteiger partial charge in [0.15, 0.2) is 0 Å². The minimum atomic E-state index is -0.974. The third-order valence-electron chi connectivity index (χ3n) is 2.56. The van der Waals surface area contributed by atoms with Crippen LogP contribution < -0.4 is 10.6 Å². The van der Waals surface area contributed by atoms with E-state index < -0.39 is 5.97 Å². The molecule has 0 aliphatic rings. The zero-order valence-electron chi connectivity index (χ0n) is 9.83. The number of nitrogen functional groups attached to an aromatic ring is 1. The fraction of sp³-hybridized carbons (Fsp3) is 0.167. The van der Waals surface area contributed by atoms with Crippen molar-refractivity contribution in [2.24, 2.45) is 0 Å². The van der Waals surface area contributed by atoms with E-state index in [1.807, 2.05) is 18.1 Å². The Morgan fingerprint density at radius 1 is 1.56 bits per heavy atom. The van der Waals surface area contributed by atoms with Crippen LogP contribution in [0.5, 0.6) is 0 Å². The Kier molecular flexibility index (Phi) is 3.47. The van der Waals surface area contributed by atoms with Crippen molar-refractivity contribution in [3.05, 3.63) is 40.3 Å². The normalized spacial score (nSPS) is 10.3. The van der Waals surface area contributed by atoms with Crippen molar-refractivity contribution >= 4 is 28.7 Å². The van der Waals surface area contributed by atoms with Gasteiger partial charge < -0.3 is 15.7 Å². The first-order chi connectivity index (χ1) is 8.58. The zero-order valence-corrected chi connectivity index (χ0v) is 10.6. The van der Waals surface area contributed by atoms with E-state index in [-0.39, 0.29) is 5.56 Å². The summed E-state index contributed by atoms with van der Waals surface area (Å²) in [5.41, 5.74) is 9.12. The number of hydrogen-bond acceptors (Lipinski definition) is 5. The number of hydrogen-bond donors (Lipinski definition) is 2. The smallest absolute Gasteiger partial charge is 0.335 e. The molecule has 2 aromatic rings. The van der Waals surface area contributed by atoms with Gasteiger partial charge in [0, 0.05) is 18.1 Å². The quantitative estimate of drug-likeness (QED) is 0.825. The Morgan fingerprint density at radius 3 is 2.89 bits per heavy atom. The summed E-state index contributed by atoms with van der Waals surface area (Å²) in [6.07, 6.45) is 1.81. The SMILES string of the molecule is CN(Cc1cncs1)c1ccc(C(=O)O)cc1N. The maximum atomic E-state index is 10.8. The predicted molar refractivity (Wildman–Crippen MR) is 72.0 cm³/mol. The van der Waals surface area contributed by atoms with Crippen molar-refractivity contribution < 1.29 is 9.90 Å². The zero-order chi connectivity index (χ0) is 13.1. The number of rotatable bonds is 4. The molecule has 0 aliphatic heterocycles. The van der Waals surface area contributed by atoms with Crippen LogP contribution in [-0.4, -0.2) is 23.1 Å². The predicted octanol–water partition coefficient (Wildman–Crippen LogP) is 2.06. The van der Waals surface area contributed by atoms with Gasteiger partial charge in [0.2, 0.25) is 0 Å². The number of nitrogens with two attached hydrogens (primary N) is 1. The fourth-order valence-electron chi connectivity index (χ4n) is 1.67. The molecule has 0 unspecified atom stereocenters. The van der Waals surface area contributed by atoms with E-state index in [9.17, 15) is 4.79 Å². The van der Waals surface area contributed by atoms with Gasteiger partial charge in [-0.15, -0.1) is 11.3 Å². The number of thiazole rings is 1. The van der Waals surface area contributed by atoms with Crippen LogP contribution in [0.25, 0.3) is 0 Å². The number of aromatic carboxylic acids is 1. The standard InChI is InChI=1S/C12H13N3O2S/c1-15(6-9-5-14-7-18-9)11-3-2-8(12(16)17)4-10(11)13/h2-5,7H,6,13H2,1H3,(H,16,17). The second-order valence-electron chi connectivity index (χ2n) is 3.90. The van der Waals surface area contributed by atoms with Crippen LogP contribution in [0.3, 0.4) is 0 Å². The summed E-state index contributed by atoms with van der Waals surface area (Å²) in [6, 6.07) is 4.75. The van der Waals surface area contributed by atoms with Crippen molar-refractivity contribution in [2.75, 3.05) is 17.7 Å². The lowest BCUT2D eigenvalue weighted by atomic mass is 10.1. The molecule has 0 radical (unpaired) electrons. The van der Waals surface area contributed by atoms with Gasteiger partial charge in [-0.05, 0) is 18.2 Å². The molecule has 6 heteroatoms. The second kappa shape index (κ2) is 5.05. The van der Waals surface area contributed by atoms with Gasteiger partial charge in [-0.2, -0.15) is 0 Å². The molecule has 0 fully saturated rings. The lowest BCUT2D eigenvalue weighted by Gasteiger charge is -2.20. The molecule has 18 heavy (non-hydrogen) atoms. The van der Waals surface area contributed by atoms with E-state index >= 15 is 0 Å². The number of carboxylic acid groups (broad SMARTS) is 1. The highest BCUT2D eigenvalue weighted by atomic mass is 32.1. The number of benzene rings is 1. The summed E-state index contributed by atoms with van der Waals surface area (Å²) in [5, 5.41) is 8.87. The number of anilines is 2. The molecule has 0 atom stereocenters. The van der Waals surface area contributed by atoms with Gasteiger partial charge in [0.05, 0.1) is 29.0 Å². The minimum Gasteiger partial charge on any atom is -0.478 e. The summed E-state index contributed by atoms with van der Waals surface area (Å²) in [5.74, 6) is -0.974. The van der Waals surface area contributed by atoms with Gasteiger partial charge >= 0.3 is 5.97 Å². The van der Waals surface area contributed by atoms with E-state index in [0.717, 1.165) is 10.6 Å². The largest absolute Gasteiger partial charge is 0.478 e. The minimum absolute atomic E-state index is 0.197. The van der Waals surface area contributed by atoms with E-state index in [1.54, 1.807) is 29.0 Å². The molecule has 0 amide bonds. The van der Waals surface area contributed by atoms with Gasteiger partial charge in [-0.3, -0.25) is 4.98 Å². The van der Waals surface area contributed by atoms with Crippen LogP contribution in [-0.2, 0) is 6.54 Å². The molecule has 0 spiro atoms. The van der Waals surface area contributed by atoms with Crippen LogP contribution in [0.15, 0.2) is 29.9 Å². The molecule has 1 aromatic heterocycles. The van der Waals surface area contributed by atoms with E-state index in [4.69, 9.17) is 10.8 Å². The van der Waals surface area contributed by atoms with Crippen molar-refractivity contribution in [3.8, 4) is 0 Å². The highest BCUT2D eigenvalue weighted by Gasteiger charge is 2.10. The number of nitrogens with zero attached hydrogens (tertiary/aromatic N) is 2. The molecular formula is C12H13N3O2S. The number of aromatic nitrogens is 1. The molecule has 1 aromatic carbocycles. The maximum Gasteiger partial charge on any atom is 0.335 e. The van der Waals surface area contributed by atoms with Gasteiger partial charge in [0.25, 0.3) is 0 Å². The van der Waals surface area contributed by atoms with Crippen molar-refractivity contribution in [3.63, 3.8) is 0 Å². The molecule has 0 aliphatic carbocycles. The summed E-state index contributed by atoms with van der Waals surface area (Å²) in [7, 11) is 1.91. The summed E-state index contributed by atoms with van der Waals surface area (Å²) in [6.45, 7) is 0.696. The second-order valence-corrected chi connectivity index (χ2v) is 4.87. The topological polar surface area (TPSA) is 79.5 Å². The highest BCUT2D eigenvalue weighted by molar-refractivity contribution is 7.09. The number of carboxylic acids is 1. The van der Waals surface area contributed by atoms with Crippen LogP contribution in [0.4, 0.5) is 11.4 Å². The Morgan fingerprint density at radius 2 is 2.33 bits per heavy atom. The fourth-order valence-corrected chi connectivity index (χ4v) is 2.32. The third-order valence-corrected chi connectivity index (χ3v) is 3.33. The van der Waals surface area contributed by atoms with Crippen LogP contribution in [0, 0.1) is 0 Å². The average Bonchev–Trinajstić information content (AvgIpc) is 2.81. The summed E-state index contributed by atoms with van der Waals surface area (Å²) in [4.78, 5) is 17.9. The summed E-state index contributed by atoms with van der Waals surface area (Å²) >= 11 is 1.57. The Hall–Kier alpha value is -2.08. The molecule has 5 nitrogen and oxygen atoms in total. The molecule has 2 rings (SSSR count).